The number of fused-ring (bicyclic) bond motifs is 1. The first-order valence-electron chi connectivity index (χ1n) is 11.3. The molecule has 1 atom stereocenters. The number of amides is 1. The number of halogens is 1. The Labute approximate surface area is 191 Å². The second kappa shape index (κ2) is 9.50. The van der Waals surface area contributed by atoms with Gasteiger partial charge in [-0.15, -0.1) is 0 Å². The van der Waals surface area contributed by atoms with Crippen molar-refractivity contribution >= 4 is 16.8 Å². The summed E-state index contributed by atoms with van der Waals surface area (Å²) in [6.07, 6.45) is 6.12. The summed E-state index contributed by atoms with van der Waals surface area (Å²) in [5.41, 5.74) is 4.24. The zero-order valence-corrected chi connectivity index (χ0v) is 18.3. The summed E-state index contributed by atoms with van der Waals surface area (Å²) in [5.74, 6) is -0.273. The number of carbonyl (C=O) groups excluding carboxylic acids is 1. The molecule has 33 heavy (non-hydrogen) atoms. The van der Waals surface area contributed by atoms with Crippen molar-refractivity contribution in [2.75, 3.05) is 13.1 Å². The lowest BCUT2D eigenvalue weighted by atomic mass is 10.0. The molecule has 7 heteroatoms. The fourth-order valence-electron chi connectivity index (χ4n) is 4.50. The number of likely N-dealkylation sites (tertiary alicyclic amines) is 1. The summed E-state index contributed by atoms with van der Waals surface area (Å²) in [5, 5.41) is 11.6. The van der Waals surface area contributed by atoms with E-state index in [-0.39, 0.29) is 17.8 Å². The van der Waals surface area contributed by atoms with Gasteiger partial charge in [0.2, 0.25) is 0 Å². The Morgan fingerprint density at radius 2 is 2.00 bits per heavy atom. The van der Waals surface area contributed by atoms with Crippen LogP contribution in [0.5, 0.6) is 0 Å². The molecule has 0 aliphatic carbocycles. The largest absolute Gasteiger partial charge is 0.348 e. The number of piperidine rings is 1. The number of hydrogen-bond acceptors (Lipinski definition) is 4. The van der Waals surface area contributed by atoms with Gasteiger partial charge >= 0.3 is 0 Å². The van der Waals surface area contributed by atoms with Crippen LogP contribution in [0.15, 0.2) is 67.0 Å². The van der Waals surface area contributed by atoms with E-state index in [2.05, 4.69) is 25.4 Å². The van der Waals surface area contributed by atoms with Gasteiger partial charge in [0.15, 0.2) is 0 Å². The molecule has 0 spiro atoms. The number of hydrogen-bond donors (Lipinski definition) is 2. The fraction of sp³-hybridized carbons (Fsp3) is 0.269. The molecular weight excluding hydrogens is 417 g/mol. The zero-order valence-electron chi connectivity index (χ0n) is 18.3. The maximum absolute atomic E-state index is 14.0. The Kier molecular flexibility index (Phi) is 6.13. The number of benzene rings is 2. The quantitative estimate of drug-likeness (QED) is 0.471. The van der Waals surface area contributed by atoms with Gasteiger partial charge in [-0.3, -0.25) is 19.8 Å². The van der Waals surface area contributed by atoms with Gasteiger partial charge in [0.1, 0.15) is 5.82 Å². The molecule has 2 aromatic heterocycles. The Balaban J connectivity index is 1.26. The molecule has 1 fully saturated rings. The van der Waals surface area contributed by atoms with Crippen LogP contribution in [0.2, 0.25) is 0 Å². The van der Waals surface area contributed by atoms with Gasteiger partial charge in [-0.2, -0.15) is 5.10 Å². The molecule has 168 valence electrons. The number of aromatic nitrogens is 3. The van der Waals surface area contributed by atoms with Gasteiger partial charge in [-0.25, -0.2) is 4.39 Å². The van der Waals surface area contributed by atoms with Gasteiger partial charge in [-0.1, -0.05) is 18.2 Å². The molecule has 0 saturated carbocycles. The van der Waals surface area contributed by atoms with Gasteiger partial charge in [0.25, 0.3) is 5.91 Å². The highest BCUT2D eigenvalue weighted by Gasteiger charge is 2.23. The minimum absolute atomic E-state index is 0.0364. The lowest BCUT2D eigenvalue weighted by Crippen LogP contribution is -2.47. The van der Waals surface area contributed by atoms with Gasteiger partial charge < -0.3 is 5.32 Å². The van der Waals surface area contributed by atoms with Gasteiger partial charge in [-0.05, 0) is 61.3 Å². The molecule has 0 radical (unpaired) electrons. The Bertz CT molecular complexity index is 1260. The second-order valence-corrected chi connectivity index (χ2v) is 8.61. The van der Waals surface area contributed by atoms with E-state index in [0.29, 0.717) is 30.6 Å². The molecule has 5 rings (SSSR count). The van der Waals surface area contributed by atoms with E-state index in [9.17, 15) is 9.18 Å². The van der Waals surface area contributed by atoms with E-state index in [1.54, 1.807) is 18.5 Å². The highest BCUT2D eigenvalue weighted by Crippen LogP contribution is 2.21. The molecule has 1 aliphatic rings. The van der Waals surface area contributed by atoms with Crippen LogP contribution >= 0.6 is 0 Å². The molecule has 1 aliphatic heterocycles. The number of nitrogens with one attached hydrogen (secondary N) is 2. The van der Waals surface area contributed by atoms with E-state index >= 15 is 0 Å². The van der Waals surface area contributed by atoms with E-state index < -0.39 is 0 Å². The molecule has 2 aromatic carbocycles. The molecule has 1 saturated heterocycles. The van der Waals surface area contributed by atoms with Crippen molar-refractivity contribution in [2.24, 2.45) is 0 Å². The zero-order chi connectivity index (χ0) is 22.6. The molecule has 1 unspecified atom stereocenters. The average molecular weight is 444 g/mol. The third-order valence-corrected chi connectivity index (χ3v) is 6.22. The molecule has 4 aromatic rings. The predicted octanol–water partition coefficient (Wildman–Crippen LogP) is 4.08. The standard InChI is InChI=1S/C26H26FN5O/c27-23-6-2-1-4-20(23)16-32-13-3-5-21(17-32)29-26(33)19-7-8-24-22(15-19)25(31-30-24)14-18-9-11-28-12-10-18/h1-2,4,6-12,15,21H,3,5,13-14,16-17H2,(H,29,33)(H,30,31). The Morgan fingerprint density at radius 3 is 2.85 bits per heavy atom. The predicted molar refractivity (Wildman–Crippen MR) is 125 cm³/mol. The van der Waals surface area contributed by atoms with Crippen LogP contribution in [0.3, 0.4) is 0 Å². The van der Waals surface area contributed by atoms with E-state index in [4.69, 9.17) is 0 Å². The first kappa shape index (κ1) is 21.3. The summed E-state index contributed by atoms with van der Waals surface area (Å²) in [4.78, 5) is 19.3. The Morgan fingerprint density at radius 1 is 1.15 bits per heavy atom. The average Bonchev–Trinajstić information content (AvgIpc) is 3.23. The smallest absolute Gasteiger partial charge is 0.251 e. The molecule has 0 bridgehead atoms. The minimum atomic E-state index is -0.181. The van der Waals surface area contributed by atoms with Crippen LogP contribution in [0, 0.1) is 5.82 Å². The van der Waals surface area contributed by atoms with Crippen molar-refractivity contribution in [3.8, 4) is 0 Å². The number of rotatable bonds is 6. The first-order valence-corrected chi connectivity index (χ1v) is 11.3. The normalized spacial score (nSPS) is 16.7. The van der Waals surface area contributed by atoms with Crippen LogP contribution < -0.4 is 5.32 Å². The van der Waals surface area contributed by atoms with Crippen LogP contribution in [-0.4, -0.2) is 45.1 Å². The van der Waals surface area contributed by atoms with E-state index in [1.165, 1.54) is 6.07 Å². The monoisotopic (exact) mass is 443 g/mol. The number of aromatic amines is 1. The van der Waals surface area contributed by atoms with Crippen molar-refractivity contribution < 1.29 is 9.18 Å². The topological polar surface area (TPSA) is 73.9 Å². The highest BCUT2D eigenvalue weighted by atomic mass is 19.1. The van der Waals surface area contributed by atoms with Crippen molar-refractivity contribution in [2.45, 2.75) is 31.8 Å². The third-order valence-electron chi connectivity index (χ3n) is 6.22. The van der Waals surface area contributed by atoms with Crippen molar-refractivity contribution in [1.82, 2.24) is 25.4 Å². The van der Waals surface area contributed by atoms with E-state index in [1.807, 2.05) is 42.5 Å². The molecule has 6 nitrogen and oxygen atoms in total. The fourth-order valence-corrected chi connectivity index (χ4v) is 4.50. The van der Waals surface area contributed by atoms with Crippen molar-refractivity contribution in [3.63, 3.8) is 0 Å². The van der Waals surface area contributed by atoms with Crippen LogP contribution in [0.4, 0.5) is 4.39 Å². The lowest BCUT2D eigenvalue weighted by molar-refractivity contribution is 0.0900. The maximum Gasteiger partial charge on any atom is 0.251 e. The summed E-state index contributed by atoms with van der Waals surface area (Å²) < 4.78 is 14.0. The number of nitrogens with zero attached hydrogens (tertiary/aromatic N) is 3. The van der Waals surface area contributed by atoms with Crippen LogP contribution in [0.1, 0.15) is 40.0 Å². The van der Waals surface area contributed by atoms with Gasteiger partial charge in [0, 0.05) is 60.2 Å². The van der Waals surface area contributed by atoms with Crippen LogP contribution in [0.25, 0.3) is 10.9 Å². The molecule has 2 N–H and O–H groups in total. The lowest BCUT2D eigenvalue weighted by Gasteiger charge is -2.33. The Hall–Kier alpha value is -3.58. The first-order chi connectivity index (χ1) is 16.2. The summed E-state index contributed by atoms with van der Waals surface area (Å²) >= 11 is 0. The molecule has 3 heterocycles. The van der Waals surface area contributed by atoms with Gasteiger partial charge in [0.05, 0.1) is 5.52 Å². The number of pyridine rings is 1. The SMILES string of the molecule is O=C(NC1CCCN(Cc2ccccc2F)C1)c1ccc2n[nH]c(Cc3ccncc3)c2c1. The van der Waals surface area contributed by atoms with Crippen LogP contribution in [-0.2, 0) is 13.0 Å². The summed E-state index contributed by atoms with van der Waals surface area (Å²) in [6.45, 7) is 2.17. The van der Waals surface area contributed by atoms with E-state index in [0.717, 1.165) is 41.5 Å². The molecular formula is C26H26FN5O. The summed E-state index contributed by atoms with van der Waals surface area (Å²) in [6, 6.07) is 16.5. The third kappa shape index (κ3) is 4.93. The summed E-state index contributed by atoms with van der Waals surface area (Å²) in [7, 11) is 0. The van der Waals surface area contributed by atoms with Crippen molar-refractivity contribution in [1.29, 1.82) is 0 Å². The highest BCUT2D eigenvalue weighted by molar-refractivity contribution is 5.98. The number of carbonyl (C=O) groups is 1. The maximum atomic E-state index is 14.0. The number of H-pyrrole nitrogens is 1. The molecule has 1 amide bonds. The van der Waals surface area contributed by atoms with Crippen molar-refractivity contribution in [3.05, 3.63) is 95.2 Å². The second-order valence-electron chi connectivity index (χ2n) is 8.61. The minimum Gasteiger partial charge on any atom is -0.348 e.